The number of hydrogen-bond donors (Lipinski definition) is 2. The molecule has 154 valence electrons. The normalized spacial score (nSPS) is 15.7. The molecule has 1 amide bonds. The van der Waals surface area contributed by atoms with E-state index < -0.39 is 16.9 Å². The molecule has 1 unspecified atom stereocenters. The van der Waals surface area contributed by atoms with Gasteiger partial charge in [-0.3, -0.25) is 19.8 Å². The zero-order valence-corrected chi connectivity index (χ0v) is 16.3. The third-order valence-electron chi connectivity index (χ3n) is 5.12. The van der Waals surface area contributed by atoms with Crippen LogP contribution >= 0.6 is 0 Å². The number of rotatable bonds is 7. The van der Waals surface area contributed by atoms with Crippen molar-refractivity contribution >= 4 is 17.3 Å². The van der Waals surface area contributed by atoms with Crippen LogP contribution in [0.15, 0.2) is 42.5 Å². The Morgan fingerprint density at radius 1 is 1.24 bits per heavy atom. The van der Waals surface area contributed by atoms with Gasteiger partial charge in [0.2, 0.25) is 0 Å². The number of nitro groups is 1. The summed E-state index contributed by atoms with van der Waals surface area (Å²) in [6.07, 6.45) is 0.0418. The van der Waals surface area contributed by atoms with E-state index in [4.69, 9.17) is 4.74 Å². The van der Waals surface area contributed by atoms with E-state index in [0.717, 1.165) is 38.4 Å². The molecule has 1 heterocycles. The first-order valence-electron chi connectivity index (χ1n) is 9.59. The lowest BCUT2D eigenvalue weighted by atomic mass is 10.0. The second-order valence-corrected chi connectivity index (χ2v) is 7.04. The lowest BCUT2D eigenvalue weighted by Crippen LogP contribution is -2.37. The van der Waals surface area contributed by atoms with E-state index in [1.165, 1.54) is 12.1 Å². The molecule has 2 aromatic carbocycles. The van der Waals surface area contributed by atoms with Crippen molar-refractivity contribution in [3.63, 3.8) is 0 Å². The van der Waals surface area contributed by atoms with Gasteiger partial charge in [-0.15, -0.1) is 0 Å². The predicted molar refractivity (Wildman–Crippen MR) is 109 cm³/mol. The molecule has 1 aliphatic heterocycles. The molecule has 2 N–H and O–H groups in total. The minimum Gasteiger partial charge on any atom is -0.388 e. The van der Waals surface area contributed by atoms with Crippen LogP contribution in [0, 0.1) is 17.0 Å². The highest BCUT2D eigenvalue weighted by atomic mass is 16.6. The van der Waals surface area contributed by atoms with Gasteiger partial charge in [0, 0.05) is 42.5 Å². The second-order valence-electron chi connectivity index (χ2n) is 7.04. The van der Waals surface area contributed by atoms with Crippen molar-refractivity contribution in [3.05, 3.63) is 69.3 Å². The van der Waals surface area contributed by atoms with Crippen LogP contribution in [0.5, 0.6) is 0 Å². The van der Waals surface area contributed by atoms with Crippen LogP contribution in [0.4, 0.5) is 11.4 Å². The molecule has 29 heavy (non-hydrogen) atoms. The lowest BCUT2D eigenvalue weighted by molar-refractivity contribution is -0.385. The van der Waals surface area contributed by atoms with Crippen molar-refractivity contribution in [1.29, 1.82) is 0 Å². The molecule has 1 fully saturated rings. The maximum absolute atomic E-state index is 12.5. The Hall–Kier alpha value is -2.81. The highest BCUT2D eigenvalue weighted by molar-refractivity contribution is 6.05. The van der Waals surface area contributed by atoms with Gasteiger partial charge in [0.1, 0.15) is 0 Å². The van der Waals surface area contributed by atoms with Gasteiger partial charge in [0.15, 0.2) is 0 Å². The van der Waals surface area contributed by atoms with Crippen molar-refractivity contribution in [1.82, 2.24) is 4.90 Å². The Morgan fingerprint density at radius 3 is 2.59 bits per heavy atom. The smallest absolute Gasteiger partial charge is 0.273 e. The summed E-state index contributed by atoms with van der Waals surface area (Å²) >= 11 is 0. The number of nitrogens with one attached hydrogen (secondary N) is 1. The Labute approximate surface area is 169 Å². The van der Waals surface area contributed by atoms with E-state index in [2.05, 4.69) is 10.2 Å². The number of hydrogen-bond acceptors (Lipinski definition) is 6. The standard InChI is InChI=1S/C21H25N3O5/c1-15-18(3-2-4-19(15)24(27)28)21(26)22-17-7-5-16(6-8-17)20(25)9-10-23-11-13-29-14-12-23/h2-8,20,25H,9-14H2,1H3,(H,22,26). The number of aliphatic hydroxyl groups is 1. The van der Waals surface area contributed by atoms with Crippen LogP contribution in [-0.2, 0) is 4.74 Å². The molecular weight excluding hydrogens is 374 g/mol. The van der Waals surface area contributed by atoms with Crippen LogP contribution in [0.3, 0.4) is 0 Å². The number of nitrogens with zero attached hydrogens (tertiary/aromatic N) is 2. The topological polar surface area (TPSA) is 105 Å². The summed E-state index contributed by atoms with van der Waals surface area (Å²) in [4.78, 5) is 25.3. The van der Waals surface area contributed by atoms with Crippen LogP contribution < -0.4 is 5.32 Å². The highest BCUT2D eigenvalue weighted by Crippen LogP contribution is 2.23. The zero-order chi connectivity index (χ0) is 20.8. The van der Waals surface area contributed by atoms with Crippen LogP contribution in [0.2, 0.25) is 0 Å². The van der Waals surface area contributed by atoms with E-state index in [1.54, 1.807) is 37.3 Å². The van der Waals surface area contributed by atoms with Crippen LogP contribution in [-0.4, -0.2) is 53.7 Å². The number of benzene rings is 2. The SMILES string of the molecule is Cc1c(C(=O)Nc2ccc(C(O)CCN3CCOCC3)cc2)cccc1[N+](=O)[O-]. The molecule has 1 saturated heterocycles. The summed E-state index contributed by atoms with van der Waals surface area (Å²) in [5.41, 5.74) is 1.84. The van der Waals surface area contributed by atoms with E-state index in [1.807, 2.05) is 0 Å². The fraction of sp³-hybridized carbons (Fsp3) is 0.381. The monoisotopic (exact) mass is 399 g/mol. The van der Waals surface area contributed by atoms with Crippen molar-refractivity contribution < 1.29 is 19.6 Å². The fourth-order valence-electron chi connectivity index (χ4n) is 3.35. The average Bonchev–Trinajstić information content (AvgIpc) is 2.73. The minimum absolute atomic E-state index is 0.0867. The third-order valence-corrected chi connectivity index (χ3v) is 5.12. The third kappa shape index (κ3) is 5.38. The molecule has 1 atom stereocenters. The molecule has 0 bridgehead atoms. The van der Waals surface area contributed by atoms with E-state index in [9.17, 15) is 20.0 Å². The molecule has 0 saturated carbocycles. The molecular formula is C21H25N3O5. The van der Waals surface area contributed by atoms with E-state index >= 15 is 0 Å². The van der Waals surface area contributed by atoms with Crippen LogP contribution in [0.25, 0.3) is 0 Å². The largest absolute Gasteiger partial charge is 0.388 e. The lowest BCUT2D eigenvalue weighted by Gasteiger charge is -2.27. The number of nitro benzene ring substituents is 1. The summed E-state index contributed by atoms with van der Waals surface area (Å²) in [7, 11) is 0. The Balaban J connectivity index is 1.59. The van der Waals surface area contributed by atoms with E-state index in [0.29, 0.717) is 17.7 Å². The first-order valence-corrected chi connectivity index (χ1v) is 9.59. The van der Waals surface area contributed by atoms with Gasteiger partial charge in [0.25, 0.3) is 11.6 Å². The molecule has 0 aliphatic carbocycles. The minimum atomic E-state index is -0.582. The maximum Gasteiger partial charge on any atom is 0.273 e. The molecule has 0 aromatic heterocycles. The van der Waals surface area contributed by atoms with Crippen molar-refractivity contribution in [2.45, 2.75) is 19.4 Å². The molecule has 0 spiro atoms. The predicted octanol–water partition coefficient (Wildman–Crippen LogP) is 2.91. The summed E-state index contributed by atoms with van der Waals surface area (Å²) in [5.74, 6) is -0.410. The maximum atomic E-state index is 12.5. The molecule has 8 nitrogen and oxygen atoms in total. The van der Waals surface area contributed by atoms with Crippen molar-refractivity contribution in [3.8, 4) is 0 Å². The average molecular weight is 399 g/mol. The van der Waals surface area contributed by atoms with Gasteiger partial charge in [-0.05, 0) is 37.1 Å². The fourth-order valence-corrected chi connectivity index (χ4v) is 3.35. The number of carbonyl (C=O) groups excluding carboxylic acids is 1. The summed E-state index contributed by atoms with van der Waals surface area (Å²) in [5, 5.41) is 24.2. The summed E-state index contributed by atoms with van der Waals surface area (Å²) in [6, 6.07) is 11.4. The van der Waals surface area contributed by atoms with Gasteiger partial charge < -0.3 is 15.2 Å². The van der Waals surface area contributed by atoms with Crippen molar-refractivity contribution in [2.75, 3.05) is 38.2 Å². The zero-order valence-electron chi connectivity index (χ0n) is 16.3. The number of carbonyl (C=O) groups is 1. The van der Waals surface area contributed by atoms with Crippen LogP contribution in [0.1, 0.15) is 34.0 Å². The Kier molecular flexibility index (Phi) is 6.92. The van der Waals surface area contributed by atoms with Gasteiger partial charge in [-0.1, -0.05) is 18.2 Å². The Bertz CT molecular complexity index is 863. The number of morpholine rings is 1. The second kappa shape index (κ2) is 9.60. The number of amides is 1. The molecule has 3 rings (SSSR count). The molecule has 8 heteroatoms. The summed E-state index contributed by atoms with van der Waals surface area (Å²) in [6.45, 7) is 5.59. The van der Waals surface area contributed by atoms with E-state index in [-0.39, 0.29) is 11.3 Å². The first kappa shape index (κ1) is 20.9. The van der Waals surface area contributed by atoms with Crippen molar-refractivity contribution in [2.24, 2.45) is 0 Å². The van der Waals surface area contributed by atoms with Gasteiger partial charge in [0.05, 0.1) is 24.2 Å². The number of aliphatic hydroxyl groups excluding tert-OH is 1. The van der Waals surface area contributed by atoms with Gasteiger partial charge in [-0.2, -0.15) is 0 Å². The summed E-state index contributed by atoms with van der Waals surface area (Å²) < 4.78 is 5.32. The highest BCUT2D eigenvalue weighted by Gasteiger charge is 2.18. The van der Waals surface area contributed by atoms with Gasteiger partial charge >= 0.3 is 0 Å². The molecule has 0 radical (unpaired) electrons. The quantitative estimate of drug-likeness (QED) is 0.548. The number of ether oxygens (including phenoxy) is 1. The molecule has 1 aliphatic rings. The Morgan fingerprint density at radius 2 is 1.93 bits per heavy atom. The first-order chi connectivity index (χ1) is 14.0. The number of anilines is 1. The van der Waals surface area contributed by atoms with Gasteiger partial charge in [-0.25, -0.2) is 0 Å². The molecule has 2 aromatic rings.